The Labute approximate surface area is 178 Å². The fraction of sp³-hybridized carbons (Fsp3) is 0.286. The molecule has 0 atom stereocenters. The fourth-order valence-corrected chi connectivity index (χ4v) is 4.40. The number of fused-ring (bicyclic) bond motifs is 1. The van der Waals surface area contributed by atoms with E-state index in [-0.39, 0.29) is 12.4 Å². The number of ether oxygens (including phenoxy) is 1. The number of benzene rings is 1. The molecule has 4 rings (SSSR count). The quantitative estimate of drug-likeness (QED) is 0.433. The number of halogens is 1. The van der Waals surface area contributed by atoms with Gasteiger partial charge in [-0.3, -0.25) is 4.79 Å². The third-order valence-corrected chi connectivity index (χ3v) is 5.98. The molecule has 0 aliphatic heterocycles. The van der Waals surface area contributed by atoms with Gasteiger partial charge in [0, 0.05) is 11.3 Å². The third-order valence-electron chi connectivity index (χ3n) is 4.75. The van der Waals surface area contributed by atoms with E-state index in [0.29, 0.717) is 22.5 Å². The zero-order valence-electron chi connectivity index (χ0n) is 16.0. The Hall–Kier alpha value is -2.64. The van der Waals surface area contributed by atoms with Gasteiger partial charge in [0.05, 0.1) is 33.6 Å². The fourth-order valence-electron chi connectivity index (χ4n) is 3.42. The molecule has 29 heavy (non-hydrogen) atoms. The second-order valence-corrected chi connectivity index (χ2v) is 8.52. The van der Waals surface area contributed by atoms with Crippen LogP contribution in [0.2, 0.25) is 4.34 Å². The number of carbonyl (C=O) groups excluding carboxylic acids is 1. The molecular formula is C21H21ClN4O2S. The molecule has 6 nitrogen and oxygen atoms in total. The van der Waals surface area contributed by atoms with Crippen LogP contribution in [0.3, 0.4) is 0 Å². The summed E-state index contributed by atoms with van der Waals surface area (Å²) in [4.78, 5) is 22.1. The van der Waals surface area contributed by atoms with Gasteiger partial charge >= 0.3 is 5.97 Å². The van der Waals surface area contributed by atoms with Gasteiger partial charge in [0.1, 0.15) is 5.82 Å². The summed E-state index contributed by atoms with van der Waals surface area (Å²) in [6.07, 6.45) is 3.13. The second kappa shape index (κ2) is 8.39. The predicted octanol–water partition coefficient (Wildman–Crippen LogP) is 4.78. The summed E-state index contributed by atoms with van der Waals surface area (Å²) >= 11 is 7.55. The third kappa shape index (κ3) is 4.36. The first kappa shape index (κ1) is 19.7. The predicted molar refractivity (Wildman–Crippen MR) is 117 cm³/mol. The Bertz CT molecular complexity index is 1070. The molecule has 2 heterocycles. The molecule has 3 aromatic rings. The normalized spacial score (nSPS) is 12.6. The lowest BCUT2D eigenvalue weighted by Gasteiger charge is -2.14. The first-order chi connectivity index (χ1) is 14.0. The van der Waals surface area contributed by atoms with Crippen LogP contribution in [0.4, 0.5) is 17.2 Å². The van der Waals surface area contributed by atoms with Crippen molar-refractivity contribution in [3.8, 4) is 10.7 Å². The molecule has 0 bridgehead atoms. The summed E-state index contributed by atoms with van der Waals surface area (Å²) in [7, 11) is 0. The van der Waals surface area contributed by atoms with Gasteiger partial charge < -0.3 is 15.8 Å². The molecule has 2 aromatic heterocycles. The summed E-state index contributed by atoms with van der Waals surface area (Å²) in [5.74, 6) is 1.18. The zero-order chi connectivity index (χ0) is 20.4. The number of nitrogens with zero attached hydrogens (tertiary/aromatic N) is 2. The van der Waals surface area contributed by atoms with Crippen LogP contribution in [0.25, 0.3) is 10.7 Å². The van der Waals surface area contributed by atoms with Gasteiger partial charge in [-0.15, -0.1) is 11.3 Å². The Morgan fingerprint density at radius 1 is 1.28 bits per heavy atom. The van der Waals surface area contributed by atoms with Crippen LogP contribution in [-0.4, -0.2) is 22.5 Å². The van der Waals surface area contributed by atoms with Crippen molar-refractivity contribution in [3.63, 3.8) is 0 Å². The molecule has 0 saturated heterocycles. The molecule has 0 unspecified atom stereocenters. The lowest BCUT2D eigenvalue weighted by molar-refractivity contribution is -0.142. The molecule has 0 spiro atoms. The maximum atomic E-state index is 11.7. The molecule has 1 aliphatic rings. The topological polar surface area (TPSA) is 90.1 Å². The van der Waals surface area contributed by atoms with Crippen molar-refractivity contribution in [2.24, 2.45) is 0 Å². The van der Waals surface area contributed by atoms with E-state index in [1.807, 2.05) is 24.3 Å². The minimum absolute atomic E-state index is 0.199. The van der Waals surface area contributed by atoms with Gasteiger partial charge in [0.2, 0.25) is 0 Å². The van der Waals surface area contributed by atoms with Crippen LogP contribution >= 0.6 is 22.9 Å². The number of hydrogen-bond donors (Lipinski definition) is 2. The van der Waals surface area contributed by atoms with Gasteiger partial charge in [0.25, 0.3) is 0 Å². The molecule has 0 radical (unpaired) electrons. The van der Waals surface area contributed by atoms with Gasteiger partial charge in [-0.2, -0.15) is 0 Å². The summed E-state index contributed by atoms with van der Waals surface area (Å²) < 4.78 is 5.71. The number of thiophene rings is 1. The average Bonchev–Trinajstić information content (AvgIpc) is 3.33. The monoisotopic (exact) mass is 428 g/mol. The van der Waals surface area contributed by atoms with Crippen molar-refractivity contribution in [2.75, 3.05) is 17.7 Å². The van der Waals surface area contributed by atoms with Crippen LogP contribution in [0, 0.1) is 0 Å². The summed E-state index contributed by atoms with van der Waals surface area (Å²) in [6, 6.07) is 9.32. The zero-order valence-corrected chi connectivity index (χ0v) is 17.6. The number of esters is 1. The van der Waals surface area contributed by atoms with E-state index in [9.17, 15) is 4.79 Å². The summed E-state index contributed by atoms with van der Waals surface area (Å²) in [6.45, 7) is 2.16. The van der Waals surface area contributed by atoms with Gasteiger partial charge in [0.15, 0.2) is 5.82 Å². The SMILES string of the molecule is CCOC(=O)Cc1ccc(Nc2nc(-c3ccc(Cl)s3)nc3c2CCC3)c(N)c1. The first-order valence-electron chi connectivity index (χ1n) is 9.50. The average molecular weight is 429 g/mol. The number of hydrogen-bond acceptors (Lipinski definition) is 7. The number of carbonyl (C=O) groups is 1. The van der Waals surface area contributed by atoms with Crippen LogP contribution in [0.5, 0.6) is 0 Å². The molecule has 150 valence electrons. The molecule has 0 amide bonds. The Morgan fingerprint density at radius 2 is 2.14 bits per heavy atom. The maximum absolute atomic E-state index is 11.7. The van der Waals surface area contributed by atoms with Crippen molar-refractivity contribution in [2.45, 2.75) is 32.6 Å². The van der Waals surface area contributed by atoms with E-state index in [4.69, 9.17) is 32.0 Å². The number of aromatic nitrogens is 2. The van der Waals surface area contributed by atoms with Crippen LogP contribution in [-0.2, 0) is 28.8 Å². The van der Waals surface area contributed by atoms with Crippen molar-refractivity contribution >= 4 is 46.1 Å². The van der Waals surface area contributed by atoms with Crippen molar-refractivity contribution in [1.29, 1.82) is 0 Å². The van der Waals surface area contributed by atoms with Crippen molar-refractivity contribution in [1.82, 2.24) is 9.97 Å². The lowest BCUT2D eigenvalue weighted by atomic mass is 10.1. The van der Waals surface area contributed by atoms with E-state index in [2.05, 4.69) is 5.32 Å². The van der Waals surface area contributed by atoms with E-state index in [1.165, 1.54) is 11.3 Å². The smallest absolute Gasteiger partial charge is 0.310 e. The van der Waals surface area contributed by atoms with E-state index < -0.39 is 0 Å². The summed E-state index contributed by atoms with van der Waals surface area (Å²) in [5.41, 5.74) is 10.6. The Kier molecular flexibility index (Phi) is 5.69. The highest BCUT2D eigenvalue weighted by Gasteiger charge is 2.21. The van der Waals surface area contributed by atoms with E-state index >= 15 is 0 Å². The second-order valence-electron chi connectivity index (χ2n) is 6.81. The number of nitrogens with one attached hydrogen (secondary N) is 1. The minimum atomic E-state index is -0.263. The number of aryl methyl sites for hydroxylation is 1. The molecule has 1 aromatic carbocycles. The molecule has 1 aliphatic carbocycles. The van der Waals surface area contributed by atoms with Crippen LogP contribution < -0.4 is 11.1 Å². The highest BCUT2D eigenvalue weighted by Crippen LogP contribution is 2.35. The van der Waals surface area contributed by atoms with Crippen molar-refractivity contribution < 1.29 is 9.53 Å². The number of rotatable bonds is 6. The van der Waals surface area contributed by atoms with Gasteiger partial charge in [-0.25, -0.2) is 9.97 Å². The summed E-state index contributed by atoms with van der Waals surface area (Å²) in [5, 5.41) is 3.37. The van der Waals surface area contributed by atoms with Gasteiger partial charge in [-0.1, -0.05) is 17.7 Å². The highest BCUT2D eigenvalue weighted by molar-refractivity contribution is 7.19. The van der Waals surface area contributed by atoms with Gasteiger partial charge in [-0.05, 0) is 56.0 Å². The minimum Gasteiger partial charge on any atom is -0.466 e. The van der Waals surface area contributed by atoms with Crippen molar-refractivity contribution in [3.05, 3.63) is 51.5 Å². The van der Waals surface area contributed by atoms with E-state index in [0.717, 1.165) is 52.5 Å². The lowest BCUT2D eigenvalue weighted by Crippen LogP contribution is -2.08. The van der Waals surface area contributed by atoms with Crippen LogP contribution in [0.15, 0.2) is 30.3 Å². The molecule has 3 N–H and O–H groups in total. The highest BCUT2D eigenvalue weighted by atomic mass is 35.5. The van der Waals surface area contributed by atoms with Crippen LogP contribution in [0.1, 0.15) is 30.2 Å². The molecule has 8 heteroatoms. The number of nitrogen functional groups attached to an aromatic ring is 1. The first-order valence-corrected chi connectivity index (χ1v) is 10.7. The maximum Gasteiger partial charge on any atom is 0.310 e. The standard InChI is InChI=1S/C21H21ClN4O2S/c1-2-28-19(27)11-12-6-7-16(14(23)10-12)25-20-13-4-3-5-15(13)24-21(26-20)17-8-9-18(22)29-17/h6-10H,2-5,11,23H2,1H3,(H,24,25,26). The number of anilines is 3. The molecule has 0 fully saturated rings. The molecular weight excluding hydrogens is 408 g/mol. The largest absolute Gasteiger partial charge is 0.466 e. The Morgan fingerprint density at radius 3 is 2.86 bits per heavy atom. The molecule has 0 saturated carbocycles. The number of nitrogens with two attached hydrogens (primary N) is 1. The van der Waals surface area contributed by atoms with E-state index in [1.54, 1.807) is 13.0 Å². The Balaban J connectivity index is 1.62.